The minimum atomic E-state index is -4.05. The maximum Gasteiger partial charge on any atom is 0.390 e. The summed E-state index contributed by atoms with van der Waals surface area (Å²) in [5, 5.41) is 2.94. The molecule has 0 bridgehead atoms. The molecule has 0 radical (unpaired) electrons. The van der Waals surface area contributed by atoms with E-state index in [1.807, 2.05) is 0 Å². The van der Waals surface area contributed by atoms with Gasteiger partial charge in [-0.1, -0.05) is 6.92 Å². The van der Waals surface area contributed by atoms with Crippen molar-refractivity contribution in [2.75, 3.05) is 6.54 Å². The number of alkyl halides is 3. The summed E-state index contributed by atoms with van der Waals surface area (Å²) in [6, 6.07) is -0.462. The van der Waals surface area contributed by atoms with Crippen molar-refractivity contribution in [2.45, 2.75) is 45.3 Å². The zero-order valence-corrected chi connectivity index (χ0v) is 8.69. The van der Waals surface area contributed by atoms with E-state index in [0.717, 1.165) is 5.92 Å². The Hall–Kier alpha value is -0.250. The van der Waals surface area contributed by atoms with Crippen molar-refractivity contribution >= 4 is 0 Å². The highest BCUT2D eigenvalue weighted by atomic mass is 19.4. The van der Waals surface area contributed by atoms with Gasteiger partial charge in [0, 0.05) is 6.04 Å². The van der Waals surface area contributed by atoms with E-state index in [4.69, 9.17) is 0 Å². The average Bonchev–Trinajstić information content (AvgIpc) is 2.78. The van der Waals surface area contributed by atoms with Gasteiger partial charge in [-0.2, -0.15) is 13.2 Å². The van der Waals surface area contributed by atoms with Crippen molar-refractivity contribution < 1.29 is 13.2 Å². The molecule has 0 aliphatic heterocycles. The molecule has 4 heteroatoms. The molecule has 14 heavy (non-hydrogen) atoms. The van der Waals surface area contributed by atoms with Crippen LogP contribution in [0.25, 0.3) is 0 Å². The monoisotopic (exact) mass is 209 g/mol. The predicted octanol–water partition coefficient (Wildman–Crippen LogP) is 2.96. The minimum absolute atomic E-state index is 0.462. The van der Waals surface area contributed by atoms with Crippen LogP contribution < -0.4 is 5.32 Å². The topological polar surface area (TPSA) is 12.0 Å². The molecule has 0 aromatic rings. The first-order valence-electron chi connectivity index (χ1n) is 5.18. The van der Waals surface area contributed by atoms with Crippen LogP contribution in [0.2, 0.25) is 0 Å². The molecule has 0 saturated heterocycles. The average molecular weight is 209 g/mol. The molecule has 0 amide bonds. The highest BCUT2D eigenvalue weighted by Crippen LogP contribution is 2.36. The first kappa shape index (κ1) is 11.8. The molecule has 84 valence electrons. The summed E-state index contributed by atoms with van der Waals surface area (Å²) in [5.41, 5.74) is 0. The molecular formula is C10H18F3N. The van der Waals surface area contributed by atoms with Gasteiger partial charge in [-0.15, -0.1) is 0 Å². The van der Waals surface area contributed by atoms with Crippen LogP contribution in [-0.4, -0.2) is 18.8 Å². The Morgan fingerprint density at radius 3 is 2.29 bits per heavy atom. The van der Waals surface area contributed by atoms with Crippen molar-refractivity contribution in [3.63, 3.8) is 0 Å². The van der Waals surface area contributed by atoms with Crippen LogP contribution in [0.1, 0.15) is 33.1 Å². The molecule has 2 atom stereocenters. The van der Waals surface area contributed by atoms with E-state index in [0.29, 0.717) is 12.5 Å². The lowest BCUT2D eigenvalue weighted by Crippen LogP contribution is -2.34. The standard InChI is InChI=1S/C10H18F3N/c1-7(9-3-4-9)6-14-8(2)5-10(11,12)13/h7-9,14H,3-6H2,1-2H3. The van der Waals surface area contributed by atoms with Crippen LogP contribution >= 0.6 is 0 Å². The maximum absolute atomic E-state index is 12.0. The molecule has 1 aliphatic rings. The van der Waals surface area contributed by atoms with Crippen molar-refractivity contribution in [2.24, 2.45) is 11.8 Å². The summed E-state index contributed by atoms with van der Waals surface area (Å²) >= 11 is 0. The highest BCUT2D eigenvalue weighted by Gasteiger charge is 2.31. The third-order valence-corrected chi connectivity index (χ3v) is 2.75. The number of hydrogen-bond acceptors (Lipinski definition) is 1. The predicted molar refractivity (Wildman–Crippen MR) is 50.0 cm³/mol. The molecule has 1 N–H and O–H groups in total. The molecule has 2 unspecified atom stereocenters. The molecule has 1 nitrogen and oxygen atoms in total. The van der Waals surface area contributed by atoms with E-state index in [1.165, 1.54) is 12.8 Å². The number of halogens is 3. The van der Waals surface area contributed by atoms with Gasteiger partial charge in [-0.25, -0.2) is 0 Å². The van der Waals surface area contributed by atoms with Gasteiger partial charge < -0.3 is 5.32 Å². The second kappa shape index (κ2) is 4.51. The minimum Gasteiger partial charge on any atom is -0.314 e. The van der Waals surface area contributed by atoms with Crippen LogP contribution in [0.3, 0.4) is 0 Å². The van der Waals surface area contributed by atoms with Gasteiger partial charge in [0.05, 0.1) is 6.42 Å². The number of hydrogen-bond donors (Lipinski definition) is 1. The van der Waals surface area contributed by atoms with E-state index in [9.17, 15) is 13.2 Å². The Morgan fingerprint density at radius 2 is 1.86 bits per heavy atom. The second-order valence-electron chi connectivity index (χ2n) is 4.44. The fraction of sp³-hybridized carbons (Fsp3) is 1.00. The molecule has 1 fully saturated rings. The van der Waals surface area contributed by atoms with Crippen LogP contribution in [0.15, 0.2) is 0 Å². The first-order valence-corrected chi connectivity index (χ1v) is 5.18. The van der Waals surface area contributed by atoms with E-state index in [1.54, 1.807) is 6.92 Å². The van der Waals surface area contributed by atoms with E-state index >= 15 is 0 Å². The molecule has 0 aromatic carbocycles. The SMILES string of the molecule is CC(CC(F)(F)F)NCC(C)C1CC1. The summed E-state index contributed by atoms with van der Waals surface area (Å²) in [7, 11) is 0. The first-order chi connectivity index (χ1) is 6.38. The zero-order chi connectivity index (χ0) is 10.8. The molecular weight excluding hydrogens is 191 g/mol. The van der Waals surface area contributed by atoms with Gasteiger partial charge in [0.25, 0.3) is 0 Å². The van der Waals surface area contributed by atoms with Crippen molar-refractivity contribution in [3.8, 4) is 0 Å². The van der Waals surface area contributed by atoms with E-state index in [2.05, 4.69) is 12.2 Å². The van der Waals surface area contributed by atoms with Crippen LogP contribution in [0.5, 0.6) is 0 Å². The Bertz CT molecular complexity index is 175. The Kier molecular flexibility index (Phi) is 3.81. The van der Waals surface area contributed by atoms with Gasteiger partial charge in [0.2, 0.25) is 0 Å². The lowest BCUT2D eigenvalue weighted by atomic mass is 10.1. The molecule has 0 heterocycles. The number of rotatable bonds is 5. The summed E-state index contributed by atoms with van der Waals surface area (Å²) in [6.45, 7) is 4.40. The lowest BCUT2D eigenvalue weighted by molar-refractivity contribution is -0.139. The maximum atomic E-state index is 12.0. The van der Waals surface area contributed by atoms with Crippen molar-refractivity contribution in [1.29, 1.82) is 0 Å². The summed E-state index contributed by atoms with van der Waals surface area (Å²) in [4.78, 5) is 0. The third kappa shape index (κ3) is 4.84. The smallest absolute Gasteiger partial charge is 0.314 e. The summed E-state index contributed by atoms with van der Waals surface area (Å²) < 4.78 is 35.9. The second-order valence-corrected chi connectivity index (χ2v) is 4.44. The van der Waals surface area contributed by atoms with Gasteiger partial charge in [0.1, 0.15) is 0 Å². The molecule has 1 rings (SSSR count). The van der Waals surface area contributed by atoms with Crippen LogP contribution in [0.4, 0.5) is 13.2 Å². The zero-order valence-electron chi connectivity index (χ0n) is 8.69. The summed E-state index contributed by atoms with van der Waals surface area (Å²) in [6.07, 6.45) is -2.29. The number of nitrogens with one attached hydrogen (secondary N) is 1. The fourth-order valence-corrected chi connectivity index (χ4v) is 1.64. The normalized spacial score (nSPS) is 22.1. The van der Waals surface area contributed by atoms with E-state index < -0.39 is 18.6 Å². The van der Waals surface area contributed by atoms with Gasteiger partial charge >= 0.3 is 6.18 Å². The van der Waals surface area contributed by atoms with Gasteiger partial charge in [-0.05, 0) is 38.1 Å². The molecule has 1 aliphatic carbocycles. The largest absolute Gasteiger partial charge is 0.390 e. The Morgan fingerprint density at radius 1 is 1.29 bits per heavy atom. The molecule has 0 spiro atoms. The van der Waals surface area contributed by atoms with Crippen molar-refractivity contribution in [3.05, 3.63) is 0 Å². The van der Waals surface area contributed by atoms with Gasteiger partial charge in [-0.3, -0.25) is 0 Å². The van der Waals surface area contributed by atoms with Crippen LogP contribution in [-0.2, 0) is 0 Å². The fourth-order valence-electron chi connectivity index (χ4n) is 1.64. The van der Waals surface area contributed by atoms with Gasteiger partial charge in [0.15, 0.2) is 0 Å². The highest BCUT2D eigenvalue weighted by molar-refractivity contribution is 4.80. The third-order valence-electron chi connectivity index (χ3n) is 2.75. The van der Waals surface area contributed by atoms with E-state index in [-0.39, 0.29) is 0 Å². The quantitative estimate of drug-likeness (QED) is 0.734. The lowest BCUT2D eigenvalue weighted by Gasteiger charge is -2.18. The molecule has 0 aromatic heterocycles. The Labute approximate surface area is 83.1 Å². The van der Waals surface area contributed by atoms with Crippen LogP contribution in [0, 0.1) is 11.8 Å². The van der Waals surface area contributed by atoms with Crippen molar-refractivity contribution in [1.82, 2.24) is 5.32 Å². The molecule has 1 saturated carbocycles. The Balaban J connectivity index is 2.10. The summed E-state index contributed by atoms with van der Waals surface area (Å²) in [5.74, 6) is 1.27.